The Labute approximate surface area is 50.6 Å². The van der Waals surface area contributed by atoms with Crippen LogP contribution < -0.4 is 5.48 Å². The molecule has 1 unspecified atom stereocenters. The third kappa shape index (κ3) is 1.17. The maximum atomic E-state index is 10.3. The standard InChI is InChI=1S/C4H5NO4/c6-3-1-2(4(7)8)9-5-3/h2H,1H2,(H,5,6)(H,7,8). The summed E-state index contributed by atoms with van der Waals surface area (Å²) in [7, 11) is 0. The summed E-state index contributed by atoms with van der Waals surface area (Å²) >= 11 is 0. The van der Waals surface area contributed by atoms with Crippen molar-refractivity contribution >= 4 is 11.9 Å². The first-order valence-corrected chi connectivity index (χ1v) is 2.37. The minimum atomic E-state index is -1.12. The Morgan fingerprint density at radius 2 is 2.56 bits per heavy atom. The van der Waals surface area contributed by atoms with E-state index in [0.717, 1.165) is 0 Å². The van der Waals surface area contributed by atoms with E-state index in [9.17, 15) is 9.59 Å². The lowest BCUT2D eigenvalue weighted by Crippen LogP contribution is -2.19. The molecule has 1 atom stereocenters. The number of hydrogen-bond acceptors (Lipinski definition) is 3. The number of carboxylic acid groups (broad SMARTS) is 1. The second-order valence-corrected chi connectivity index (χ2v) is 1.67. The predicted molar refractivity (Wildman–Crippen MR) is 25.3 cm³/mol. The van der Waals surface area contributed by atoms with Crippen LogP contribution in [0.4, 0.5) is 0 Å². The molecule has 0 aliphatic carbocycles. The highest BCUT2D eigenvalue weighted by atomic mass is 16.7. The smallest absolute Gasteiger partial charge is 0.336 e. The van der Waals surface area contributed by atoms with Gasteiger partial charge < -0.3 is 5.11 Å². The fourth-order valence-electron chi connectivity index (χ4n) is 0.526. The molecule has 0 aromatic carbocycles. The van der Waals surface area contributed by atoms with Crippen LogP contribution in [-0.2, 0) is 14.4 Å². The van der Waals surface area contributed by atoms with E-state index in [2.05, 4.69) is 4.84 Å². The van der Waals surface area contributed by atoms with Crippen LogP contribution >= 0.6 is 0 Å². The topological polar surface area (TPSA) is 75.6 Å². The lowest BCUT2D eigenvalue weighted by molar-refractivity contribution is -0.150. The molecule has 1 aliphatic rings. The van der Waals surface area contributed by atoms with Crippen molar-refractivity contribution in [2.75, 3.05) is 0 Å². The summed E-state index contributed by atoms with van der Waals surface area (Å²) in [5.74, 6) is -1.50. The zero-order chi connectivity index (χ0) is 6.85. The maximum absolute atomic E-state index is 10.3. The van der Waals surface area contributed by atoms with E-state index in [0.29, 0.717) is 0 Å². The molecule has 5 heteroatoms. The van der Waals surface area contributed by atoms with E-state index in [1.165, 1.54) is 0 Å². The Morgan fingerprint density at radius 3 is 2.78 bits per heavy atom. The van der Waals surface area contributed by atoms with Gasteiger partial charge in [0.25, 0.3) is 0 Å². The van der Waals surface area contributed by atoms with Crippen LogP contribution in [0, 0.1) is 0 Å². The Morgan fingerprint density at radius 1 is 1.89 bits per heavy atom. The molecule has 0 aromatic rings. The molecule has 5 nitrogen and oxygen atoms in total. The third-order valence-corrected chi connectivity index (χ3v) is 0.961. The van der Waals surface area contributed by atoms with Crippen LogP contribution in [0.1, 0.15) is 6.42 Å². The highest BCUT2D eigenvalue weighted by Crippen LogP contribution is 2.03. The number of carbonyl (C=O) groups excluding carboxylic acids is 1. The monoisotopic (exact) mass is 131 g/mol. The average Bonchev–Trinajstić information content (AvgIpc) is 2.14. The summed E-state index contributed by atoms with van der Waals surface area (Å²) in [6.07, 6.45) is -1.09. The Bertz CT molecular complexity index is 155. The number of carbonyl (C=O) groups is 2. The van der Waals surface area contributed by atoms with Gasteiger partial charge in [-0.25, -0.2) is 10.3 Å². The summed E-state index contributed by atoms with van der Waals surface area (Å²) in [5.41, 5.74) is 1.93. The molecule has 0 radical (unpaired) electrons. The molecule has 0 spiro atoms. The largest absolute Gasteiger partial charge is 0.479 e. The molecule has 1 heterocycles. The van der Waals surface area contributed by atoms with Gasteiger partial charge in [0, 0.05) is 0 Å². The molecule has 1 amide bonds. The molecule has 0 aromatic heterocycles. The van der Waals surface area contributed by atoms with E-state index in [-0.39, 0.29) is 12.3 Å². The minimum Gasteiger partial charge on any atom is -0.479 e. The van der Waals surface area contributed by atoms with Crippen LogP contribution in [0.5, 0.6) is 0 Å². The number of carboxylic acids is 1. The first-order chi connectivity index (χ1) is 4.20. The molecule has 9 heavy (non-hydrogen) atoms. The van der Waals surface area contributed by atoms with Gasteiger partial charge in [0.05, 0.1) is 6.42 Å². The molecular formula is C4H5NO4. The van der Waals surface area contributed by atoms with Gasteiger partial charge in [-0.3, -0.25) is 9.63 Å². The summed E-state index contributed by atoms with van der Waals surface area (Å²) in [6, 6.07) is 0. The summed E-state index contributed by atoms with van der Waals surface area (Å²) < 4.78 is 0. The van der Waals surface area contributed by atoms with Gasteiger partial charge in [0.1, 0.15) is 0 Å². The summed E-state index contributed by atoms with van der Waals surface area (Å²) in [4.78, 5) is 24.6. The van der Waals surface area contributed by atoms with Gasteiger partial charge in [-0.1, -0.05) is 0 Å². The molecule has 0 bridgehead atoms. The van der Waals surface area contributed by atoms with Crippen molar-refractivity contribution in [3.05, 3.63) is 0 Å². The number of hydrogen-bond donors (Lipinski definition) is 2. The summed E-state index contributed by atoms with van der Waals surface area (Å²) in [6.45, 7) is 0. The highest BCUT2D eigenvalue weighted by molar-refractivity contribution is 5.85. The van der Waals surface area contributed by atoms with Crippen molar-refractivity contribution in [2.45, 2.75) is 12.5 Å². The molecule has 0 saturated carbocycles. The van der Waals surface area contributed by atoms with E-state index >= 15 is 0 Å². The first kappa shape index (κ1) is 6.03. The molecule has 1 saturated heterocycles. The van der Waals surface area contributed by atoms with E-state index in [1.807, 2.05) is 5.48 Å². The minimum absolute atomic E-state index is 0.0880. The first-order valence-electron chi connectivity index (χ1n) is 2.37. The van der Waals surface area contributed by atoms with Crippen LogP contribution in [0.25, 0.3) is 0 Å². The van der Waals surface area contributed by atoms with Gasteiger partial charge >= 0.3 is 5.97 Å². The van der Waals surface area contributed by atoms with Crippen molar-refractivity contribution in [1.29, 1.82) is 0 Å². The number of nitrogens with one attached hydrogen (secondary N) is 1. The zero-order valence-electron chi connectivity index (χ0n) is 4.46. The van der Waals surface area contributed by atoms with Crippen LogP contribution in [-0.4, -0.2) is 23.1 Å². The van der Waals surface area contributed by atoms with Crippen molar-refractivity contribution in [3.63, 3.8) is 0 Å². The average molecular weight is 131 g/mol. The lowest BCUT2D eigenvalue weighted by atomic mass is 10.3. The molecule has 1 fully saturated rings. The molecule has 50 valence electrons. The second kappa shape index (κ2) is 2.02. The SMILES string of the molecule is O=C1CC(C(=O)O)ON1. The second-order valence-electron chi connectivity index (χ2n) is 1.67. The number of rotatable bonds is 1. The van der Waals surface area contributed by atoms with Gasteiger partial charge in [0.2, 0.25) is 5.91 Å². The maximum Gasteiger partial charge on any atom is 0.336 e. The van der Waals surface area contributed by atoms with Gasteiger partial charge in [-0.05, 0) is 0 Å². The van der Waals surface area contributed by atoms with Crippen LogP contribution in [0.3, 0.4) is 0 Å². The normalized spacial score (nSPS) is 25.8. The number of amides is 1. The molecular weight excluding hydrogens is 126 g/mol. The third-order valence-electron chi connectivity index (χ3n) is 0.961. The number of hydroxylamine groups is 1. The molecule has 1 aliphatic heterocycles. The van der Waals surface area contributed by atoms with Gasteiger partial charge in [0.15, 0.2) is 6.10 Å². The van der Waals surface area contributed by atoms with Crippen molar-refractivity contribution < 1.29 is 19.5 Å². The lowest BCUT2D eigenvalue weighted by Gasteiger charge is -1.95. The zero-order valence-corrected chi connectivity index (χ0v) is 4.46. The fourth-order valence-corrected chi connectivity index (χ4v) is 0.526. The molecule has 1 rings (SSSR count). The van der Waals surface area contributed by atoms with E-state index < -0.39 is 12.1 Å². The Hall–Kier alpha value is -1.10. The van der Waals surface area contributed by atoms with Crippen LogP contribution in [0.15, 0.2) is 0 Å². The van der Waals surface area contributed by atoms with E-state index in [4.69, 9.17) is 5.11 Å². The van der Waals surface area contributed by atoms with Crippen molar-refractivity contribution in [1.82, 2.24) is 5.48 Å². The van der Waals surface area contributed by atoms with E-state index in [1.54, 1.807) is 0 Å². The van der Waals surface area contributed by atoms with Gasteiger partial charge in [-0.15, -0.1) is 0 Å². The van der Waals surface area contributed by atoms with Gasteiger partial charge in [-0.2, -0.15) is 0 Å². The van der Waals surface area contributed by atoms with Crippen molar-refractivity contribution in [3.8, 4) is 0 Å². The Balaban J connectivity index is 2.48. The Kier molecular flexibility index (Phi) is 1.35. The number of aliphatic carboxylic acids is 1. The highest BCUT2D eigenvalue weighted by Gasteiger charge is 2.28. The summed E-state index contributed by atoms with van der Waals surface area (Å²) in [5, 5.41) is 8.21. The molecule has 2 N–H and O–H groups in total. The van der Waals surface area contributed by atoms with Crippen molar-refractivity contribution in [2.24, 2.45) is 0 Å². The van der Waals surface area contributed by atoms with Crippen LogP contribution in [0.2, 0.25) is 0 Å². The predicted octanol–water partition coefficient (Wildman–Crippen LogP) is -1.11. The quantitative estimate of drug-likeness (QED) is 0.473. The fraction of sp³-hybridized carbons (Fsp3) is 0.500.